The molecule has 1 fully saturated rings. The molecule has 1 aromatic carbocycles. The first-order valence-corrected chi connectivity index (χ1v) is 8.86. The number of esters is 2. The Kier molecular flexibility index (Phi) is 6.67. The van der Waals surface area contributed by atoms with Crippen LogP contribution < -0.4 is 0 Å². The molecule has 0 spiro atoms. The summed E-state index contributed by atoms with van der Waals surface area (Å²) in [5.74, 6) is 0.465. The summed E-state index contributed by atoms with van der Waals surface area (Å²) in [5.41, 5.74) is 0.359. The fourth-order valence-electron chi connectivity index (χ4n) is 3.08. The lowest BCUT2D eigenvalue weighted by atomic mass is 9.76. The summed E-state index contributed by atoms with van der Waals surface area (Å²) in [6.07, 6.45) is 3.03. The topological polar surface area (TPSA) is 52.6 Å². The van der Waals surface area contributed by atoms with Gasteiger partial charge in [0.15, 0.2) is 6.61 Å². The first-order valence-electron chi connectivity index (χ1n) is 8.49. The molecule has 5 heteroatoms. The maximum absolute atomic E-state index is 12.0. The van der Waals surface area contributed by atoms with Gasteiger partial charge in [-0.1, -0.05) is 32.4 Å². The van der Waals surface area contributed by atoms with E-state index in [1.165, 1.54) is 6.42 Å². The number of hydrogen-bond acceptors (Lipinski definition) is 4. The summed E-state index contributed by atoms with van der Waals surface area (Å²) in [7, 11) is 0. The van der Waals surface area contributed by atoms with Crippen LogP contribution in [-0.4, -0.2) is 24.6 Å². The number of rotatable bonds is 5. The van der Waals surface area contributed by atoms with Crippen LogP contribution in [-0.2, 0) is 14.3 Å². The summed E-state index contributed by atoms with van der Waals surface area (Å²) in [6, 6.07) is 6.33. The summed E-state index contributed by atoms with van der Waals surface area (Å²) in [6.45, 7) is 6.14. The van der Waals surface area contributed by atoms with Gasteiger partial charge in [-0.05, 0) is 61.3 Å². The van der Waals surface area contributed by atoms with E-state index in [1.807, 2.05) is 0 Å². The van der Waals surface area contributed by atoms with Crippen LogP contribution in [0.25, 0.3) is 0 Å². The van der Waals surface area contributed by atoms with E-state index >= 15 is 0 Å². The molecule has 0 radical (unpaired) electrons. The molecule has 3 atom stereocenters. The van der Waals surface area contributed by atoms with Crippen molar-refractivity contribution in [3.8, 4) is 0 Å². The number of carbonyl (C=O) groups is 2. The molecule has 0 unspecified atom stereocenters. The zero-order chi connectivity index (χ0) is 17.7. The number of halogens is 1. The third-order valence-electron chi connectivity index (χ3n) is 4.79. The van der Waals surface area contributed by atoms with Crippen molar-refractivity contribution in [2.75, 3.05) is 6.61 Å². The summed E-state index contributed by atoms with van der Waals surface area (Å²) in [4.78, 5) is 23.9. The van der Waals surface area contributed by atoms with Gasteiger partial charge < -0.3 is 9.47 Å². The van der Waals surface area contributed by atoms with E-state index in [-0.39, 0.29) is 12.7 Å². The minimum atomic E-state index is -0.555. The lowest BCUT2D eigenvalue weighted by Crippen LogP contribution is -2.35. The van der Waals surface area contributed by atoms with Gasteiger partial charge in [-0.2, -0.15) is 0 Å². The maximum atomic E-state index is 12.0. The first kappa shape index (κ1) is 18.8. The molecule has 0 saturated heterocycles. The third kappa shape index (κ3) is 5.23. The van der Waals surface area contributed by atoms with Crippen molar-refractivity contribution in [2.45, 2.75) is 46.1 Å². The number of carbonyl (C=O) groups excluding carboxylic acids is 2. The molecular formula is C19H25ClO4. The number of hydrogen-bond donors (Lipinski definition) is 0. The molecule has 1 aliphatic rings. The quantitative estimate of drug-likeness (QED) is 0.732. The Morgan fingerprint density at radius 2 is 1.88 bits per heavy atom. The minimum Gasteiger partial charge on any atom is -0.460 e. The molecule has 4 nitrogen and oxygen atoms in total. The Morgan fingerprint density at radius 1 is 1.21 bits per heavy atom. The third-order valence-corrected chi connectivity index (χ3v) is 5.04. The molecule has 0 aliphatic heterocycles. The lowest BCUT2D eigenvalue weighted by molar-refractivity contribution is -0.158. The van der Waals surface area contributed by atoms with Gasteiger partial charge >= 0.3 is 11.9 Å². The van der Waals surface area contributed by atoms with Crippen molar-refractivity contribution < 1.29 is 19.1 Å². The van der Waals surface area contributed by atoms with E-state index in [0.29, 0.717) is 28.3 Å². The lowest BCUT2D eigenvalue weighted by Gasteiger charge is -2.35. The van der Waals surface area contributed by atoms with Crippen molar-refractivity contribution in [3.63, 3.8) is 0 Å². The van der Waals surface area contributed by atoms with Crippen molar-refractivity contribution in [1.82, 2.24) is 0 Å². The highest BCUT2D eigenvalue weighted by Crippen LogP contribution is 2.34. The molecule has 0 heterocycles. The maximum Gasteiger partial charge on any atom is 0.344 e. The number of benzene rings is 1. The predicted octanol–water partition coefficient (Wildman–Crippen LogP) is 4.50. The van der Waals surface area contributed by atoms with Crippen LogP contribution in [0.3, 0.4) is 0 Å². The van der Waals surface area contributed by atoms with Crippen LogP contribution in [0.2, 0.25) is 5.02 Å². The van der Waals surface area contributed by atoms with Crippen molar-refractivity contribution in [1.29, 1.82) is 0 Å². The van der Waals surface area contributed by atoms with Gasteiger partial charge in [0.05, 0.1) is 5.56 Å². The summed E-state index contributed by atoms with van der Waals surface area (Å²) in [5, 5.41) is 0.539. The normalized spacial score (nSPS) is 23.8. The fourth-order valence-corrected chi connectivity index (χ4v) is 3.20. The molecule has 132 valence electrons. The second-order valence-corrected chi connectivity index (χ2v) is 7.34. The Balaban J connectivity index is 1.81. The average molecular weight is 353 g/mol. The second kappa shape index (κ2) is 8.52. The highest BCUT2D eigenvalue weighted by atomic mass is 35.5. The van der Waals surface area contributed by atoms with Gasteiger partial charge in [-0.3, -0.25) is 0 Å². The molecule has 2 rings (SSSR count). The molecule has 0 amide bonds. The molecule has 24 heavy (non-hydrogen) atoms. The summed E-state index contributed by atoms with van der Waals surface area (Å²) < 4.78 is 10.6. The van der Waals surface area contributed by atoms with Crippen molar-refractivity contribution in [3.05, 3.63) is 34.9 Å². The van der Waals surface area contributed by atoms with E-state index < -0.39 is 11.9 Å². The molecule has 0 aromatic heterocycles. The van der Waals surface area contributed by atoms with E-state index in [4.69, 9.17) is 21.1 Å². The van der Waals surface area contributed by atoms with Gasteiger partial charge in [0, 0.05) is 5.02 Å². The zero-order valence-corrected chi connectivity index (χ0v) is 15.2. The van der Waals surface area contributed by atoms with Crippen LogP contribution in [0, 0.1) is 17.8 Å². The molecule has 1 aromatic rings. The van der Waals surface area contributed by atoms with Gasteiger partial charge in [0.1, 0.15) is 6.10 Å². The Labute approximate surface area is 148 Å². The van der Waals surface area contributed by atoms with E-state index in [9.17, 15) is 9.59 Å². The van der Waals surface area contributed by atoms with Gasteiger partial charge in [-0.25, -0.2) is 9.59 Å². The summed E-state index contributed by atoms with van der Waals surface area (Å²) >= 11 is 5.77. The Hall–Kier alpha value is -1.55. The molecule has 1 saturated carbocycles. The van der Waals surface area contributed by atoms with E-state index in [0.717, 1.165) is 12.8 Å². The van der Waals surface area contributed by atoms with Crippen LogP contribution in [0.1, 0.15) is 50.4 Å². The van der Waals surface area contributed by atoms with Gasteiger partial charge in [-0.15, -0.1) is 0 Å². The highest BCUT2D eigenvalue weighted by Gasteiger charge is 2.32. The SMILES string of the molecule is CC(C)[C@@H]1CC[C@H](C)[C@H](OC(=O)COC(=O)c2ccc(Cl)cc2)C1. The Bertz CT molecular complexity index is 567. The zero-order valence-electron chi connectivity index (χ0n) is 14.5. The van der Waals surface area contributed by atoms with Crippen LogP contribution in [0.4, 0.5) is 0 Å². The fraction of sp³-hybridized carbons (Fsp3) is 0.579. The molecule has 0 N–H and O–H groups in total. The van der Waals surface area contributed by atoms with Crippen LogP contribution in [0.5, 0.6) is 0 Å². The van der Waals surface area contributed by atoms with Gasteiger partial charge in [0.25, 0.3) is 0 Å². The largest absolute Gasteiger partial charge is 0.460 e. The van der Waals surface area contributed by atoms with Crippen molar-refractivity contribution >= 4 is 23.5 Å². The molecule has 1 aliphatic carbocycles. The van der Waals surface area contributed by atoms with E-state index in [1.54, 1.807) is 24.3 Å². The van der Waals surface area contributed by atoms with Gasteiger partial charge in [0.2, 0.25) is 0 Å². The number of ether oxygens (including phenoxy) is 2. The second-order valence-electron chi connectivity index (χ2n) is 6.91. The van der Waals surface area contributed by atoms with Crippen LogP contribution >= 0.6 is 11.6 Å². The first-order chi connectivity index (χ1) is 11.4. The minimum absolute atomic E-state index is 0.0899. The standard InChI is InChI=1S/C19H25ClO4/c1-12(2)15-5-4-13(3)17(10-15)24-18(21)11-23-19(22)14-6-8-16(20)9-7-14/h6-9,12-13,15,17H,4-5,10-11H2,1-3H3/t13-,15+,17+/m0/s1. The predicted molar refractivity (Wildman–Crippen MR) is 93.0 cm³/mol. The molecular weight excluding hydrogens is 328 g/mol. The van der Waals surface area contributed by atoms with E-state index in [2.05, 4.69) is 20.8 Å². The molecule has 0 bridgehead atoms. The average Bonchev–Trinajstić information content (AvgIpc) is 2.55. The monoisotopic (exact) mass is 352 g/mol. The Morgan fingerprint density at radius 3 is 2.50 bits per heavy atom. The smallest absolute Gasteiger partial charge is 0.344 e. The van der Waals surface area contributed by atoms with Crippen molar-refractivity contribution in [2.24, 2.45) is 17.8 Å². The van der Waals surface area contributed by atoms with Crippen LogP contribution in [0.15, 0.2) is 24.3 Å². The highest BCUT2D eigenvalue weighted by molar-refractivity contribution is 6.30.